The van der Waals surface area contributed by atoms with Crippen LogP contribution in [0.2, 0.25) is 0 Å². The van der Waals surface area contributed by atoms with Crippen molar-refractivity contribution in [1.29, 1.82) is 0 Å². The average Bonchev–Trinajstić information content (AvgIpc) is 2.74. The molecule has 0 radical (unpaired) electrons. The Morgan fingerprint density at radius 1 is 1.47 bits per heavy atom. The van der Waals surface area contributed by atoms with Gasteiger partial charge in [0, 0.05) is 5.56 Å². The van der Waals surface area contributed by atoms with Crippen molar-refractivity contribution in [1.82, 2.24) is 0 Å². The average molecular weight is 238 g/mol. The van der Waals surface area contributed by atoms with Gasteiger partial charge in [0.25, 0.3) is 0 Å². The molecule has 0 aromatic heterocycles. The fourth-order valence-electron chi connectivity index (χ4n) is 1.80. The molecule has 0 bridgehead atoms. The molecular formula is C12H14O5. The normalized spacial score (nSPS) is 15.4. The molecule has 2 rings (SSSR count). The SMILES string of the molecule is CCOC(=O)C(O)c1cc2c(cc1O)COC2. The molecule has 1 aliphatic heterocycles. The van der Waals surface area contributed by atoms with Gasteiger partial charge in [0.05, 0.1) is 19.8 Å². The maximum absolute atomic E-state index is 11.4. The van der Waals surface area contributed by atoms with E-state index in [1.165, 1.54) is 6.07 Å². The van der Waals surface area contributed by atoms with E-state index in [0.717, 1.165) is 11.1 Å². The van der Waals surface area contributed by atoms with E-state index in [9.17, 15) is 15.0 Å². The van der Waals surface area contributed by atoms with Crippen LogP contribution < -0.4 is 0 Å². The van der Waals surface area contributed by atoms with E-state index in [0.29, 0.717) is 13.2 Å². The summed E-state index contributed by atoms with van der Waals surface area (Å²) in [5.74, 6) is -0.878. The third-order valence-electron chi connectivity index (χ3n) is 2.67. The Morgan fingerprint density at radius 2 is 2.12 bits per heavy atom. The summed E-state index contributed by atoms with van der Waals surface area (Å²) in [7, 11) is 0. The number of benzene rings is 1. The summed E-state index contributed by atoms with van der Waals surface area (Å²) in [5.41, 5.74) is 1.91. The number of hydrogen-bond donors (Lipinski definition) is 2. The first-order valence-corrected chi connectivity index (χ1v) is 5.40. The Balaban J connectivity index is 2.29. The lowest BCUT2D eigenvalue weighted by molar-refractivity contribution is -0.153. The molecule has 17 heavy (non-hydrogen) atoms. The van der Waals surface area contributed by atoms with Crippen LogP contribution in [0.3, 0.4) is 0 Å². The monoisotopic (exact) mass is 238 g/mol. The number of esters is 1. The van der Waals surface area contributed by atoms with Crippen LogP contribution in [0.15, 0.2) is 12.1 Å². The second kappa shape index (κ2) is 4.73. The van der Waals surface area contributed by atoms with Crippen LogP contribution in [0.1, 0.15) is 29.7 Å². The van der Waals surface area contributed by atoms with E-state index in [1.54, 1.807) is 13.0 Å². The van der Waals surface area contributed by atoms with Crippen molar-refractivity contribution >= 4 is 5.97 Å². The van der Waals surface area contributed by atoms with Crippen LogP contribution in [-0.4, -0.2) is 22.8 Å². The van der Waals surface area contributed by atoms with Crippen molar-refractivity contribution in [2.45, 2.75) is 26.2 Å². The van der Waals surface area contributed by atoms with E-state index in [2.05, 4.69) is 0 Å². The van der Waals surface area contributed by atoms with Gasteiger partial charge in [0.1, 0.15) is 5.75 Å². The van der Waals surface area contributed by atoms with Gasteiger partial charge in [-0.2, -0.15) is 0 Å². The van der Waals surface area contributed by atoms with Gasteiger partial charge in [-0.1, -0.05) is 0 Å². The van der Waals surface area contributed by atoms with E-state index >= 15 is 0 Å². The summed E-state index contributed by atoms with van der Waals surface area (Å²) in [6.45, 7) is 2.71. The zero-order valence-electron chi connectivity index (χ0n) is 9.47. The molecule has 92 valence electrons. The van der Waals surface area contributed by atoms with Crippen LogP contribution in [-0.2, 0) is 27.5 Å². The number of phenols is 1. The molecule has 2 N–H and O–H groups in total. The Labute approximate surface area is 98.6 Å². The molecule has 1 heterocycles. The molecular weight excluding hydrogens is 224 g/mol. The largest absolute Gasteiger partial charge is 0.508 e. The van der Waals surface area contributed by atoms with Gasteiger partial charge in [-0.05, 0) is 30.2 Å². The minimum Gasteiger partial charge on any atom is -0.508 e. The number of aromatic hydroxyl groups is 1. The van der Waals surface area contributed by atoms with Gasteiger partial charge in [-0.25, -0.2) is 4.79 Å². The van der Waals surface area contributed by atoms with Gasteiger partial charge < -0.3 is 19.7 Å². The molecule has 0 fully saturated rings. The fourth-order valence-corrected chi connectivity index (χ4v) is 1.80. The summed E-state index contributed by atoms with van der Waals surface area (Å²) in [6, 6.07) is 3.10. The Hall–Kier alpha value is -1.59. The van der Waals surface area contributed by atoms with Crippen molar-refractivity contribution in [3.63, 3.8) is 0 Å². The first-order valence-electron chi connectivity index (χ1n) is 5.40. The molecule has 1 unspecified atom stereocenters. The van der Waals surface area contributed by atoms with E-state index in [-0.39, 0.29) is 17.9 Å². The molecule has 1 atom stereocenters. The second-order valence-corrected chi connectivity index (χ2v) is 3.83. The van der Waals surface area contributed by atoms with Gasteiger partial charge in [-0.3, -0.25) is 0 Å². The number of rotatable bonds is 3. The highest BCUT2D eigenvalue weighted by Crippen LogP contribution is 2.32. The molecule has 1 aromatic rings. The predicted molar refractivity (Wildman–Crippen MR) is 58.2 cm³/mol. The van der Waals surface area contributed by atoms with Gasteiger partial charge in [-0.15, -0.1) is 0 Å². The van der Waals surface area contributed by atoms with Crippen molar-refractivity contribution in [3.05, 3.63) is 28.8 Å². The Bertz CT molecular complexity index is 441. The van der Waals surface area contributed by atoms with Crippen LogP contribution in [0, 0.1) is 0 Å². The third kappa shape index (κ3) is 2.25. The van der Waals surface area contributed by atoms with Gasteiger partial charge >= 0.3 is 5.97 Å². The Kier molecular flexibility index (Phi) is 3.31. The van der Waals surface area contributed by atoms with Gasteiger partial charge in [0.2, 0.25) is 0 Å². The quantitative estimate of drug-likeness (QED) is 0.769. The molecule has 1 aliphatic rings. The van der Waals surface area contributed by atoms with Crippen molar-refractivity contribution < 1.29 is 24.5 Å². The van der Waals surface area contributed by atoms with Crippen LogP contribution in [0.4, 0.5) is 0 Å². The maximum Gasteiger partial charge on any atom is 0.339 e. The Morgan fingerprint density at radius 3 is 2.76 bits per heavy atom. The summed E-state index contributed by atoms with van der Waals surface area (Å²) in [5, 5.41) is 19.5. The highest BCUT2D eigenvalue weighted by Gasteiger charge is 2.24. The van der Waals surface area contributed by atoms with E-state index in [4.69, 9.17) is 9.47 Å². The summed E-state index contributed by atoms with van der Waals surface area (Å²) < 4.78 is 9.90. The van der Waals surface area contributed by atoms with Crippen LogP contribution in [0.25, 0.3) is 0 Å². The third-order valence-corrected chi connectivity index (χ3v) is 2.67. The van der Waals surface area contributed by atoms with Gasteiger partial charge in [0.15, 0.2) is 6.10 Å². The van der Waals surface area contributed by atoms with E-state index in [1.807, 2.05) is 0 Å². The predicted octanol–water partition coefficient (Wildman–Crippen LogP) is 1.02. The number of aliphatic hydroxyl groups is 1. The second-order valence-electron chi connectivity index (χ2n) is 3.83. The molecule has 0 saturated carbocycles. The zero-order chi connectivity index (χ0) is 12.4. The van der Waals surface area contributed by atoms with Crippen molar-refractivity contribution in [2.24, 2.45) is 0 Å². The highest BCUT2D eigenvalue weighted by atomic mass is 16.5. The highest BCUT2D eigenvalue weighted by molar-refractivity contribution is 5.77. The van der Waals surface area contributed by atoms with Crippen LogP contribution in [0.5, 0.6) is 5.75 Å². The molecule has 5 nitrogen and oxygen atoms in total. The first-order chi connectivity index (χ1) is 8.13. The number of carbonyl (C=O) groups is 1. The lowest BCUT2D eigenvalue weighted by Gasteiger charge is -2.12. The molecule has 0 saturated heterocycles. The lowest BCUT2D eigenvalue weighted by atomic mass is 10.0. The summed E-state index contributed by atoms with van der Waals surface area (Å²) in [4.78, 5) is 11.4. The van der Waals surface area contributed by atoms with E-state index < -0.39 is 12.1 Å². The number of ether oxygens (including phenoxy) is 2. The standard InChI is InChI=1S/C12H14O5/c1-2-17-12(15)11(14)9-3-7-5-16-6-8(7)4-10(9)13/h3-4,11,13-14H,2,5-6H2,1H3. The minimum absolute atomic E-state index is 0.116. The molecule has 5 heteroatoms. The summed E-state index contributed by atoms with van der Waals surface area (Å²) in [6.07, 6.45) is -1.46. The first kappa shape index (κ1) is 11.9. The maximum atomic E-state index is 11.4. The molecule has 0 spiro atoms. The van der Waals surface area contributed by atoms with Crippen molar-refractivity contribution in [2.75, 3.05) is 6.61 Å². The smallest absolute Gasteiger partial charge is 0.339 e. The minimum atomic E-state index is -1.46. The molecule has 0 amide bonds. The van der Waals surface area contributed by atoms with Crippen LogP contribution >= 0.6 is 0 Å². The zero-order valence-corrected chi connectivity index (χ0v) is 9.47. The summed E-state index contributed by atoms with van der Waals surface area (Å²) >= 11 is 0. The topological polar surface area (TPSA) is 76.0 Å². The number of phenolic OH excluding ortho intramolecular Hbond substituents is 1. The number of carbonyl (C=O) groups excluding carboxylic acids is 1. The lowest BCUT2D eigenvalue weighted by Crippen LogP contribution is -2.15. The molecule has 1 aromatic carbocycles. The number of fused-ring (bicyclic) bond motifs is 1. The van der Waals surface area contributed by atoms with Crippen molar-refractivity contribution in [3.8, 4) is 5.75 Å². The fraction of sp³-hybridized carbons (Fsp3) is 0.417. The molecule has 0 aliphatic carbocycles. The number of hydrogen-bond acceptors (Lipinski definition) is 5. The number of aliphatic hydroxyl groups excluding tert-OH is 1.